The molecule has 2 amide bonds. The molecular formula is C27H25ClF3N7OS. The second-order valence-electron chi connectivity index (χ2n) is 9.45. The number of thiophene rings is 1. The predicted molar refractivity (Wildman–Crippen MR) is 155 cm³/mol. The molecule has 0 radical (unpaired) electrons. The van der Waals surface area contributed by atoms with Crippen molar-refractivity contribution in [3.05, 3.63) is 76.7 Å². The molecule has 0 spiro atoms. The molecule has 0 aliphatic heterocycles. The Morgan fingerprint density at radius 2 is 1.80 bits per heavy atom. The minimum absolute atomic E-state index is 0.128. The van der Waals surface area contributed by atoms with E-state index >= 15 is 0 Å². The van der Waals surface area contributed by atoms with E-state index in [1.807, 2.05) is 12.3 Å². The Hall–Kier alpha value is -4.16. The lowest BCUT2D eigenvalue weighted by molar-refractivity contribution is -0.186. The van der Waals surface area contributed by atoms with Crippen LogP contribution in [0.2, 0.25) is 5.02 Å². The molecule has 2 heterocycles. The van der Waals surface area contributed by atoms with Gasteiger partial charge >= 0.3 is 12.2 Å². The molecule has 6 N–H and O–H groups in total. The first-order valence-corrected chi connectivity index (χ1v) is 13.1. The number of amides is 2. The number of halogens is 4. The van der Waals surface area contributed by atoms with Gasteiger partial charge in [0.1, 0.15) is 28.2 Å². The Balaban J connectivity index is 1.56. The van der Waals surface area contributed by atoms with E-state index in [4.69, 9.17) is 22.7 Å². The smallest absolute Gasteiger partial charge is 0.383 e. The highest BCUT2D eigenvalue weighted by Gasteiger charge is 2.49. The standard InChI is InChI=1S/C27H25ClF3N7OS/c1-14-4-7-16(8-5-14)36-21(11-20(32)26(2,3)27(29,30)31)38-25(39)37-19-9-6-15(10-18(19)28)17-12-40-24-22(17)23(33)34-13-35-24/h4-13,32,36H,1-3H3,(H2,33,34,35)(H2,37,38,39)/b21-11+,32-20?. The fourth-order valence-corrected chi connectivity index (χ4v) is 4.70. The Bertz CT molecular complexity index is 1610. The Morgan fingerprint density at radius 3 is 2.45 bits per heavy atom. The highest BCUT2D eigenvalue weighted by molar-refractivity contribution is 7.17. The fraction of sp³-hybridized carbons (Fsp3) is 0.185. The van der Waals surface area contributed by atoms with Crippen LogP contribution in [0, 0.1) is 17.7 Å². The van der Waals surface area contributed by atoms with Gasteiger partial charge in [0.2, 0.25) is 0 Å². The van der Waals surface area contributed by atoms with Gasteiger partial charge in [0.25, 0.3) is 0 Å². The van der Waals surface area contributed by atoms with Crippen LogP contribution in [0.1, 0.15) is 19.4 Å². The molecular weight excluding hydrogens is 563 g/mol. The molecule has 0 aliphatic carbocycles. The molecule has 13 heteroatoms. The molecule has 0 bridgehead atoms. The number of carbonyl (C=O) groups excluding carboxylic acids is 1. The van der Waals surface area contributed by atoms with Gasteiger partial charge in [0.15, 0.2) is 0 Å². The van der Waals surface area contributed by atoms with Gasteiger partial charge in [0.05, 0.1) is 16.1 Å². The first-order chi connectivity index (χ1) is 18.8. The van der Waals surface area contributed by atoms with Gasteiger partial charge in [-0.3, -0.25) is 5.32 Å². The average molecular weight is 588 g/mol. The van der Waals surface area contributed by atoms with E-state index in [-0.39, 0.29) is 16.5 Å². The van der Waals surface area contributed by atoms with Crippen molar-refractivity contribution in [2.24, 2.45) is 5.41 Å². The van der Waals surface area contributed by atoms with E-state index in [1.54, 1.807) is 42.5 Å². The monoisotopic (exact) mass is 587 g/mol. The van der Waals surface area contributed by atoms with Crippen molar-refractivity contribution in [1.29, 1.82) is 5.41 Å². The number of hydrogen-bond acceptors (Lipinski definition) is 7. The normalized spacial score (nSPS) is 12.3. The van der Waals surface area contributed by atoms with Crippen molar-refractivity contribution >= 4 is 62.1 Å². The average Bonchev–Trinajstić information content (AvgIpc) is 3.31. The number of hydrogen-bond donors (Lipinski definition) is 5. The SMILES string of the molecule is Cc1ccc(N/C(=C\C(=N)C(C)(C)C(F)(F)F)NC(=O)Nc2ccc(-c3csc4ncnc(N)c34)cc2Cl)cc1. The number of carbonyl (C=O) groups is 1. The highest BCUT2D eigenvalue weighted by Crippen LogP contribution is 2.39. The number of benzene rings is 2. The van der Waals surface area contributed by atoms with Crippen molar-refractivity contribution in [2.45, 2.75) is 26.9 Å². The van der Waals surface area contributed by atoms with Crippen LogP contribution in [0.5, 0.6) is 0 Å². The molecule has 0 atom stereocenters. The third-order valence-corrected chi connectivity index (χ3v) is 7.38. The van der Waals surface area contributed by atoms with E-state index in [2.05, 4.69) is 25.9 Å². The quantitative estimate of drug-likeness (QED) is 0.142. The summed E-state index contributed by atoms with van der Waals surface area (Å²) >= 11 is 7.87. The number of urea groups is 1. The van der Waals surface area contributed by atoms with Crippen LogP contribution in [-0.2, 0) is 0 Å². The third kappa shape index (κ3) is 6.18. The summed E-state index contributed by atoms with van der Waals surface area (Å²) in [6.45, 7) is 3.67. The van der Waals surface area contributed by atoms with Gasteiger partial charge in [-0.25, -0.2) is 14.8 Å². The first kappa shape index (κ1) is 28.8. The van der Waals surface area contributed by atoms with Gasteiger partial charge in [-0.2, -0.15) is 13.2 Å². The van der Waals surface area contributed by atoms with E-state index in [0.29, 0.717) is 16.9 Å². The summed E-state index contributed by atoms with van der Waals surface area (Å²) in [5, 5.41) is 18.8. The number of nitrogens with one attached hydrogen (secondary N) is 4. The Kier molecular flexibility index (Phi) is 8.03. The van der Waals surface area contributed by atoms with Crippen LogP contribution in [0.4, 0.5) is 35.2 Å². The fourth-order valence-electron chi connectivity index (χ4n) is 3.54. The largest absolute Gasteiger partial charge is 0.399 e. The number of alkyl halides is 3. The topological polar surface area (TPSA) is 129 Å². The maximum atomic E-state index is 13.5. The summed E-state index contributed by atoms with van der Waals surface area (Å²) in [7, 11) is 0. The van der Waals surface area contributed by atoms with E-state index in [0.717, 1.165) is 41.4 Å². The number of nitrogens with zero attached hydrogens (tertiary/aromatic N) is 2. The van der Waals surface area contributed by atoms with E-state index < -0.39 is 23.3 Å². The number of aryl methyl sites for hydroxylation is 1. The van der Waals surface area contributed by atoms with Crippen molar-refractivity contribution in [3.63, 3.8) is 0 Å². The van der Waals surface area contributed by atoms with E-state index in [9.17, 15) is 18.0 Å². The third-order valence-electron chi connectivity index (χ3n) is 6.18. The summed E-state index contributed by atoms with van der Waals surface area (Å²) in [5.74, 6) is 0.204. The lowest BCUT2D eigenvalue weighted by Gasteiger charge is -2.27. The number of rotatable bonds is 7. The molecule has 4 rings (SSSR count). The lowest BCUT2D eigenvalue weighted by Crippen LogP contribution is -2.40. The summed E-state index contributed by atoms with van der Waals surface area (Å²) in [6, 6.07) is 11.2. The molecule has 0 fully saturated rings. The van der Waals surface area contributed by atoms with Gasteiger partial charge in [-0.15, -0.1) is 11.3 Å². The van der Waals surface area contributed by atoms with Crippen LogP contribution in [0.15, 0.2) is 66.1 Å². The van der Waals surface area contributed by atoms with Crippen LogP contribution in [0.25, 0.3) is 21.3 Å². The van der Waals surface area contributed by atoms with Crippen LogP contribution < -0.4 is 21.7 Å². The molecule has 0 aliphatic rings. The molecule has 0 saturated heterocycles. The number of allylic oxidation sites excluding steroid dienone is 1. The minimum Gasteiger partial charge on any atom is -0.383 e. The second kappa shape index (κ2) is 11.1. The van der Waals surface area contributed by atoms with Crippen molar-refractivity contribution in [1.82, 2.24) is 15.3 Å². The molecule has 4 aromatic rings. The minimum atomic E-state index is -4.67. The zero-order valence-corrected chi connectivity index (χ0v) is 23.1. The van der Waals surface area contributed by atoms with Gasteiger partial charge < -0.3 is 21.8 Å². The van der Waals surface area contributed by atoms with E-state index in [1.165, 1.54) is 17.7 Å². The maximum absolute atomic E-state index is 13.5. The number of nitrogen functional groups attached to an aromatic ring is 1. The molecule has 8 nitrogen and oxygen atoms in total. The molecule has 0 saturated carbocycles. The van der Waals surface area contributed by atoms with Gasteiger partial charge in [-0.1, -0.05) is 35.4 Å². The number of aromatic nitrogens is 2. The molecule has 208 valence electrons. The maximum Gasteiger partial charge on any atom is 0.399 e. The summed E-state index contributed by atoms with van der Waals surface area (Å²) in [5.41, 5.74) is 6.08. The molecule has 40 heavy (non-hydrogen) atoms. The molecule has 2 aromatic carbocycles. The molecule has 0 unspecified atom stereocenters. The first-order valence-electron chi connectivity index (χ1n) is 11.8. The van der Waals surface area contributed by atoms with Gasteiger partial charge in [0, 0.05) is 28.4 Å². The van der Waals surface area contributed by atoms with Crippen molar-refractivity contribution < 1.29 is 18.0 Å². The zero-order valence-electron chi connectivity index (χ0n) is 21.6. The lowest BCUT2D eigenvalue weighted by atomic mass is 9.86. The number of nitrogens with two attached hydrogens (primary N) is 1. The Morgan fingerprint density at radius 1 is 1.10 bits per heavy atom. The summed E-state index contributed by atoms with van der Waals surface area (Å²) in [6.07, 6.45) is -2.35. The Labute approximate surface area is 237 Å². The number of fused-ring (bicyclic) bond motifs is 1. The van der Waals surface area contributed by atoms with Crippen LogP contribution in [0.3, 0.4) is 0 Å². The zero-order chi connectivity index (χ0) is 29.2. The van der Waals surface area contributed by atoms with Gasteiger partial charge in [-0.05, 0) is 50.6 Å². The summed E-state index contributed by atoms with van der Waals surface area (Å²) < 4.78 is 40.6. The van der Waals surface area contributed by atoms with Crippen molar-refractivity contribution in [3.8, 4) is 11.1 Å². The van der Waals surface area contributed by atoms with Crippen LogP contribution in [-0.4, -0.2) is 27.9 Å². The second-order valence-corrected chi connectivity index (χ2v) is 10.7. The summed E-state index contributed by atoms with van der Waals surface area (Å²) in [4.78, 5) is 21.9. The van der Waals surface area contributed by atoms with Crippen molar-refractivity contribution in [2.75, 3.05) is 16.4 Å². The predicted octanol–water partition coefficient (Wildman–Crippen LogP) is 7.59. The van der Waals surface area contributed by atoms with Crippen LogP contribution >= 0.6 is 22.9 Å². The highest BCUT2D eigenvalue weighted by atomic mass is 35.5. The number of anilines is 3. The molecule has 2 aromatic heterocycles.